The molecule has 23 heavy (non-hydrogen) atoms. The molecule has 0 saturated heterocycles. The molecule has 4 rings (SSSR count). The molecule has 112 valence electrons. The quantitative estimate of drug-likeness (QED) is 0.419. The molecule has 3 heteroatoms. The van der Waals surface area contributed by atoms with E-state index in [4.69, 9.17) is 15.6 Å². The summed E-state index contributed by atoms with van der Waals surface area (Å²) in [4.78, 5) is 0. The maximum absolute atomic E-state index is 6.05. The van der Waals surface area contributed by atoms with Crippen LogP contribution in [0.2, 0.25) is 0 Å². The highest BCUT2D eigenvalue weighted by atomic mass is 16.3. The fraction of sp³-hybridized carbons (Fsp3) is 0.0500. The van der Waals surface area contributed by atoms with E-state index >= 15 is 0 Å². The van der Waals surface area contributed by atoms with Gasteiger partial charge in [0.2, 0.25) is 0 Å². The molecule has 4 N–H and O–H groups in total. The van der Waals surface area contributed by atoms with E-state index in [1.165, 1.54) is 11.1 Å². The number of anilines is 1. The van der Waals surface area contributed by atoms with Gasteiger partial charge in [0, 0.05) is 34.3 Å². The van der Waals surface area contributed by atoms with Gasteiger partial charge in [0.05, 0.1) is 6.07 Å². The van der Waals surface area contributed by atoms with Gasteiger partial charge >= 0.3 is 0 Å². The Bertz CT molecular complexity index is 1060. The van der Waals surface area contributed by atoms with Crippen LogP contribution < -0.4 is 16.5 Å². The Morgan fingerprint density at radius 1 is 0.913 bits per heavy atom. The molecule has 0 unspecified atom stereocenters. The first-order chi connectivity index (χ1) is 11.1. The van der Waals surface area contributed by atoms with Crippen molar-refractivity contribution in [3.05, 3.63) is 71.6 Å². The van der Waals surface area contributed by atoms with Gasteiger partial charge in [0.15, 0.2) is 5.36 Å². The van der Waals surface area contributed by atoms with Crippen molar-refractivity contribution in [1.82, 2.24) is 0 Å². The Morgan fingerprint density at radius 3 is 2.57 bits per heavy atom. The van der Waals surface area contributed by atoms with Crippen LogP contribution >= 0.6 is 0 Å². The first-order valence-corrected chi connectivity index (χ1v) is 7.54. The Kier molecular flexibility index (Phi) is 2.95. The topological polar surface area (TPSA) is 64.8 Å². The highest BCUT2D eigenvalue weighted by molar-refractivity contribution is 6.03. The van der Waals surface area contributed by atoms with Gasteiger partial charge in [-0.2, -0.15) is 0 Å². The minimum Gasteiger partial charge on any atom is -0.456 e. The van der Waals surface area contributed by atoms with Crippen LogP contribution in [0.25, 0.3) is 33.4 Å². The molecule has 0 fully saturated rings. The number of hydrogen-bond donors (Lipinski definition) is 2. The van der Waals surface area contributed by atoms with Gasteiger partial charge in [-0.3, -0.25) is 5.41 Å². The average molecular weight is 301 g/mol. The van der Waals surface area contributed by atoms with Crippen molar-refractivity contribution in [3.63, 3.8) is 0 Å². The highest BCUT2D eigenvalue weighted by Gasteiger charge is 2.18. The third-order valence-electron chi connectivity index (χ3n) is 4.18. The van der Waals surface area contributed by atoms with Gasteiger partial charge in [-0.1, -0.05) is 24.3 Å². The molecule has 0 aromatic heterocycles. The first-order valence-electron chi connectivity index (χ1n) is 7.54. The minimum absolute atomic E-state index is 0.681. The lowest BCUT2D eigenvalue weighted by atomic mass is 9.91. The Hall–Kier alpha value is -3.07. The fourth-order valence-electron chi connectivity index (χ4n) is 3.07. The van der Waals surface area contributed by atoms with Crippen molar-refractivity contribution in [2.75, 3.05) is 5.73 Å². The molecular weight excluding hydrogens is 284 g/mol. The van der Waals surface area contributed by atoms with Crippen molar-refractivity contribution < 1.29 is 9.83 Å². The third-order valence-corrected chi connectivity index (χ3v) is 4.18. The molecule has 1 heterocycles. The summed E-state index contributed by atoms with van der Waals surface area (Å²) in [6.07, 6.45) is 0. The predicted octanol–water partition coefficient (Wildman–Crippen LogP) is 2.76. The molecule has 0 bridgehead atoms. The Labute approximate surface area is 133 Å². The van der Waals surface area contributed by atoms with Gasteiger partial charge < -0.3 is 10.2 Å². The lowest BCUT2D eigenvalue weighted by Crippen LogP contribution is -2.44. The first kappa shape index (κ1) is 13.6. The van der Waals surface area contributed by atoms with E-state index in [9.17, 15) is 0 Å². The van der Waals surface area contributed by atoms with Gasteiger partial charge in [0.1, 0.15) is 11.3 Å². The number of benzene rings is 3. The van der Waals surface area contributed by atoms with Gasteiger partial charge in [-0.15, -0.1) is 0 Å². The fourth-order valence-corrected chi connectivity index (χ4v) is 3.07. The summed E-state index contributed by atoms with van der Waals surface area (Å²) in [5.41, 5.74) is 12.0. The van der Waals surface area contributed by atoms with Gasteiger partial charge in [-0.25, -0.2) is 0 Å². The van der Waals surface area contributed by atoms with Crippen molar-refractivity contribution >= 4 is 16.7 Å². The summed E-state index contributed by atoms with van der Waals surface area (Å²) < 4.78 is 6.05. The number of hydrogen-bond acceptors (Lipinski definition) is 2. The van der Waals surface area contributed by atoms with Crippen LogP contribution in [0.1, 0.15) is 5.56 Å². The summed E-state index contributed by atoms with van der Waals surface area (Å²) in [7, 11) is 0. The van der Waals surface area contributed by atoms with Gasteiger partial charge in [-0.05, 0) is 36.2 Å². The second-order valence-corrected chi connectivity index (χ2v) is 5.80. The summed E-state index contributed by atoms with van der Waals surface area (Å²) in [6.45, 7) is 2.12. The summed E-state index contributed by atoms with van der Waals surface area (Å²) >= 11 is 0. The normalized spacial score (nSPS) is 11.2. The molecule has 1 aliphatic carbocycles. The summed E-state index contributed by atoms with van der Waals surface area (Å²) in [5, 5.41) is 7.66. The number of fused-ring (bicyclic) bond motifs is 2. The van der Waals surface area contributed by atoms with Crippen LogP contribution in [0.3, 0.4) is 0 Å². The molecule has 2 aromatic rings. The lowest BCUT2D eigenvalue weighted by molar-refractivity contribution is -0.172. The molecule has 0 atom stereocenters. The molecule has 0 radical (unpaired) electrons. The number of nitrogens with two attached hydrogens (primary N) is 2. The third kappa shape index (κ3) is 2.18. The molecule has 0 amide bonds. The van der Waals surface area contributed by atoms with Crippen molar-refractivity contribution in [2.24, 2.45) is 0 Å². The van der Waals surface area contributed by atoms with Crippen molar-refractivity contribution in [3.8, 4) is 22.5 Å². The Morgan fingerprint density at radius 2 is 1.74 bits per heavy atom. The smallest absolute Gasteiger partial charge is 0.200 e. The number of aryl methyl sites for hydroxylation is 1. The van der Waals surface area contributed by atoms with Crippen molar-refractivity contribution in [1.29, 1.82) is 0 Å². The van der Waals surface area contributed by atoms with E-state index in [2.05, 4.69) is 25.1 Å². The lowest BCUT2D eigenvalue weighted by Gasteiger charge is -2.16. The molecule has 2 aliphatic rings. The number of nitrogen functional groups attached to an aromatic ring is 1. The molecule has 1 aliphatic heterocycles. The largest absolute Gasteiger partial charge is 0.456 e. The molecular formula is C20H17N2O+. The predicted molar refractivity (Wildman–Crippen MR) is 92.5 cm³/mol. The maximum atomic E-state index is 6.05. The second kappa shape index (κ2) is 4.99. The average Bonchev–Trinajstić information content (AvgIpc) is 2.53. The standard InChI is InChI=1S/C20H16N2O/c1-12-4-2-3-5-15(12)20-16-8-6-13(21)10-18(16)23-19-11-14(22)7-9-17(19)20/h2-11,21H,22H2,1H3/p+1. The Balaban J connectivity index is 2.23. The second-order valence-electron chi connectivity index (χ2n) is 5.80. The van der Waals surface area contributed by atoms with Crippen LogP contribution in [0.5, 0.6) is 0 Å². The minimum atomic E-state index is 0.681. The van der Waals surface area contributed by atoms with Crippen LogP contribution in [-0.2, 0) is 0 Å². The highest BCUT2D eigenvalue weighted by Crippen LogP contribution is 2.41. The van der Waals surface area contributed by atoms with E-state index in [0.29, 0.717) is 11.0 Å². The zero-order valence-corrected chi connectivity index (χ0v) is 12.8. The monoisotopic (exact) mass is 301 g/mol. The van der Waals surface area contributed by atoms with Crippen LogP contribution in [0.15, 0.2) is 65.1 Å². The van der Waals surface area contributed by atoms with Crippen LogP contribution in [0.4, 0.5) is 5.69 Å². The molecule has 0 saturated carbocycles. The van der Waals surface area contributed by atoms with Gasteiger partial charge in [0.25, 0.3) is 0 Å². The van der Waals surface area contributed by atoms with Crippen LogP contribution in [-0.4, -0.2) is 0 Å². The zero-order valence-electron chi connectivity index (χ0n) is 12.8. The summed E-state index contributed by atoms with van der Waals surface area (Å²) in [5.74, 6) is 0.765. The number of rotatable bonds is 1. The molecule has 0 spiro atoms. The van der Waals surface area contributed by atoms with E-state index in [1.807, 2.05) is 42.5 Å². The van der Waals surface area contributed by atoms with Crippen LogP contribution in [0, 0.1) is 6.92 Å². The maximum Gasteiger partial charge on any atom is 0.200 e. The van der Waals surface area contributed by atoms with E-state index in [1.54, 1.807) is 0 Å². The molecule has 3 nitrogen and oxygen atoms in total. The van der Waals surface area contributed by atoms with Crippen molar-refractivity contribution in [2.45, 2.75) is 6.92 Å². The van der Waals surface area contributed by atoms with E-state index in [0.717, 1.165) is 27.9 Å². The van der Waals surface area contributed by atoms with E-state index in [-0.39, 0.29) is 0 Å². The summed E-state index contributed by atoms with van der Waals surface area (Å²) in [6, 6.07) is 19.9. The SMILES string of the molecule is Cc1ccccc1-c1c2ccc(=[NH2+])cc-2oc2cc(N)ccc12. The molecule has 2 aromatic carbocycles. The van der Waals surface area contributed by atoms with E-state index < -0.39 is 0 Å². The zero-order chi connectivity index (χ0) is 16.0.